The average Bonchev–Trinajstić information content (AvgIpc) is 2.38. The molecule has 0 aliphatic carbocycles. The van der Waals surface area contributed by atoms with Crippen LogP contribution in [0.2, 0.25) is 0 Å². The number of ether oxygens (including phenoxy) is 1. The number of rotatable bonds is 5. The molecule has 1 amide bonds. The summed E-state index contributed by atoms with van der Waals surface area (Å²) in [6.45, 7) is 7.93. The predicted octanol–water partition coefficient (Wildman–Crippen LogP) is 1.03. The summed E-state index contributed by atoms with van der Waals surface area (Å²) in [5.74, 6) is 0.564. The summed E-state index contributed by atoms with van der Waals surface area (Å²) in [5.41, 5.74) is 0. The Kier molecular flexibility index (Phi) is 6.28. The van der Waals surface area contributed by atoms with Crippen LogP contribution in [-0.2, 0) is 14.3 Å². The molecule has 5 heteroatoms. The molecule has 110 valence electrons. The third kappa shape index (κ3) is 4.82. The number of amides is 1. The first-order valence-corrected chi connectivity index (χ1v) is 7.04. The van der Waals surface area contributed by atoms with Crippen LogP contribution in [0.5, 0.6) is 0 Å². The van der Waals surface area contributed by atoms with E-state index in [0.717, 1.165) is 25.9 Å². The van der Waals surface area contributed by atoms with Crippen LogP contribution < -0.4 is 5.32 Å². The second-order valence-corrected chi connectivity index (χ2v) is 5.69. The second-order valence-electron chi connectivity index (χ2n) is 5.69. The molecule has 1 rings (SSSR count). The van der Waals surface area contributed by atoms with Crippen molar-refractivity contribution in [2.75, 3.05) is 26.7 Å². The van der Waals surface area contributed by atoms with Crippen molar-refractivity contribution in [3.8, 4) is 0 Å². The van der Waals surface area contributed by atoms with Crippen LogP contribution in [0.3, 0.4) is 0 Å². The van der Waals surface area contributed by atoms with Crippen molar-refractivity contribution in [2.45, 2.75) is 39.7 Å². The normalized spacial score (nSPS) is 18.5. The van der Waals surface area contributed by atoms with Crippen LogP contribution in [0.15, 0.2) is 0 Å². The van der Waals surface area contributed by atoms with Gasteiger partial charge in [-0.25, -0.2) is 0 Å². The van der Waals surface area contributed by atoms with Crippen LogP contribution in [0.1, 0.15) is 33.6 Å². The molecule has 0 saturated carbocycles. The smallest absolute Gasteiger partial charge is 0.323 e. The molecule has 0 aromatic heterocycles. The van der Waals surface area contributed by atoms with Gasteiger partial charge in [0.1, 0.15) is 6.04 Å². The Balaban J connectivity index is 2.41. The summed E-state index contributed by atoms with van der Waals surface area (Å²) in [7, 11) is 1.37. The van der Waals surface area contributed by atoms with Gasteiger partial charge in [-0.15, -0.1) is 0 Å². The van der Waals surface area contributed by atoms with Gasteiger partial charge in [-0.05, 0) is 24.7 Å². The summed E-state index contributed by atoms with van der Waals surface area (Å²) in [6, 6.07) is -0.419. The van der Waals surface area contributed by atoms with Crippen LogP contribution in [-0.4, -0.2) is 49.6 Å². The molecule has 1 saturated heterocycles. The molecule has 1 aliphatic rings. The first-order valence-electron chi connectivity index (χ1n) is 7.04. The SMILES string of the molecule is COC(=O)C(NCC(=O)N1CCC(C)CC1)C(C)C. The molecule has 0 aromatic carbocycles. The van der Waals surface area contributed by atoms with E-state index < -0.39 is 6.04 Å². The number of esters is 1. The van der Waals surface area contributed by atoms with Gasteiger partial charge in [0, 0.05) is 13.1 Å². The summed E-state index contributed by atoms with van der Waals surface area (Å²) < 4.78 is 4.74. The monoisotopic (exact) mass is 270 g/mol. The first kappa shape index (κ1) is 16.0. The molecular formula is C14H26N2O3. The molecule has 5 nitrogen and oxygen atoms in total. The van der Waals surface area contributed by atoms with Crippen molar-refractivity contribution in [2.24, 2.45) is 11.8 Å². The van der Waals surface area contributed by atoms with Gasteiger partial charge < -0.3 is 9.64 Å². The highest BCUT2D eigenvalue weighted by atomic mass is 16.5. The van der Waals surface area contributed by atoms with E-state index in [2.05, 4.69) is 12.2 Å². The average molecular weight is 270 g/mol. The van der Waals surface area contributed by atoms with Crippen molar-refractivity contribution in [1.29, 1.82) is 0 Å². The predicted molar refractivity (Wildman–Crippen MR) is 73.6 cm³/mol. The summed E-state index contributed by atoms with van der Waals surface area (Å²) in [4.78, 5) is 25.5. The lowest BCUT2D eigenvalue weighted by atomic mass is 9.99. The maximum atomic E-state index is 12.1. The third-order valence-electron chi connectivity index (χ3n) is 3.73. The molecule has 1 atom stereocenters. The van der Waals surface area contributed by atoms with E-state index in [0.29, 0.717) is 5.92 Å². The zero-order valence-electron chi connectivity index (χ0n) is 12.4. The number of piperidine rings is 1. The van der Waals surface area contributed by atoms with Crippen molar-refractivity contribution in [3.05, 3.63) is 0 Å². The zero-order valence-corrected chi connectivity index (χ0v) is 12.4. The van der Waals surface area contributed by atoms with Gasteiger partial charge in [0.05, 0.1) is 13.7 Å². The number of methoxy groups -OCH3 is 1. The van der Waals surface area contributed by atoms with Crippen molar-refractivity contribution < 1.29 is 14.3 Å². The van der Waals surface area contributed by atoms with Gasteiger partial charge in [-0.1, -0.05) is 20.8 Å². The Morgan fingerprint density at radius 3 is 2.37 bits per heavy atom. The van der Waals surface area contributed by atoms with Crippen LogP contribution in [0.4, 0.5) is 0 Å². The lowest BCUT2D eigenvalue weighted by Gasteiger charge is -2.31. The number of likely N-dealkylation sites (tertiary alicyclic amines) is 1. The first-order chi connectivity index (χ1) is 8.95. The fourth-order valence-electron chi connectivity index (χ4n) is 2.29. The third-order valence-corrected chi connectivity index (χ3v) is 3.73. The maximum absolute atomic E-state index is 12.1. The highest BCUT2D eigenvalue weighted by Gasteiger charge is 2.25. The van der Waals surface area contributed by atoms with Gasteiger partial charge in [0.25, 0.3) is 0 Å². The van der Waals surface area contributed by atoms with Gasteiger partial charge in [-0.2, -0.15) is 0 Å². The van der Waals surface area contributed by atoms with Gasteiger partial charge in [-0.3, -0.25) is 14.9 Å². The van der Waals surface area contributed by atoms with E-state index >= 15 is 0 Å². The molecule has 1 heterocycles. The molecule has 0 spiro atoms. The minimum absolute atomic E-state index is 0.0708. The number of nitrogens with zero attached hydrogens (tertiary/aromatic N) is 1. The number of carbonyl (C=O) groups is 2. The fourth-order valence-corrected chi connectivity index (χ4v) is 2.29. The van der Waals surface area contributed by atoms with Crippen molar-refractivity contribution in [1.82, 2.24) is 10.2 Å². The van der Waals surface area contributed by atoms with E-state index in [1.165, 1.54) is 7.11 Å². The topological polar surface area (TPSA) is 58.6 Å². The van der Waals surface area contributed by atoms with E-state index in [-0.39, 0.29) is 24.3 Å². The Morgan fingerprint density at radius 2 is 1.89 bits per heavy atom. The molecule has 1 N–H and O–H groups in total. The molecule has 1 aliphatic heterocycles. The van der Waals surface area contributed by atoms with E-state index in [9.17, 15) is 9.59 Å². The Labute approximate surface area is 115 Å². The molecule has 1 unspecified atom stereocenters. The van der Waals surface area contributed by atoms with Gasteiger partial charge in [0.15, 0.2) is 0 Å². The van der Waals surface area contributed by atoms with Crippen LogP contribution in [0.25, 0.3) is 0 Å². The molecule has 0 bridgehead atoms. The minimum Gasteiger partial charge on any atom is -0.468 e. The second kappa shape index (κ2) is 7.48. The molecule has 0 aromatic rings. The van der Waals surface area contributed by atoms with E-state index in [1.54, 1.807) is 0 Å². The fraction of sp³-hybridized carbons (Fsp3) is 0.857. The number of hydrogen-bond donors (Lipinski definition) is 1. The van der Waals surface area contributed by atoms with E-state index in [4.69, 9.17) is 4.74 Å². The highest BCUT2D eigenvalue weighted by molar-refractivity contribution is 5.80. The quantitative estimate of drug-likeness (QED) is 0.758. The standard InChI is InChI=1S/C14H26N2O3/c1-10(2)13(14(18)19-4)15-9-12(17)16-7-5-11(3)6-8-16/h10-11,13,15H,5-9H2,1-4H3. The summed E-state index contributed by atoms with van der Waals surface area (Å²) in [6.07, 6.45) is 2.13. The Hall–Kier alpha value is -1.10. The van der Waals surface area contributed by atoms with E-state index in [1.807, 2.05) is 18.7 Å². The Bertz CT molecular complexity index is 310. The molecule has 0 radical (unpaired) electrons. The lowest BCUT2D eigenvalue weighted by molar-refractivity contribution is -0.144. The van der Waals surface area contributed by atoms with Crippen LogP contribution >= 0.6 is 0 Å². The summed E-state index contributed by atoms with van der Waals surface area (Å²) in [5, 5.41) is 3.01. The Morgan fingerprint density at radius 1 is 1.32 bits per heavy atom. The maximum Gasteiger partial charge on any atom is 0.323 e. The van der Waals surface area contributed by atoms with Crippen LogP contribution in [0, 0.1) is 11.8 Å². The number of nitrogens with one attached hydrogen (secondary N) is 1. The lowest BCUT2D eigenvalue weighted by Crippen LogP contribution is -2.48. The largest absolute Gasteiger partial charge is 0.468 e. The van der Waals surface area contributed by atoms with Gasteiger partial charge in [0.2, 0.25) is 5.91 Å². The summed E-state index contributed by atoms with van der Waals surface area (Å²) >= 11 is 0. The highest BCUT2D eigenvalue weighted by Crippen LogP contribution is 2.15. The minimum atomic E-state index is -0.419. The molecular weight excluding hydrogens is 244 g/mol. The number of carbonyl (C=O) groups excluding carboxylic acids is 2. The zero-order chi connectivity index (χ0) is 14.4. The van der Waals surface area contributed by atoms with Gasteiger partial charge >= 0.3 is 5.97 Å². The number of hydrogen-bond acceptors (Lipinski definition) is 4. The molecule has 19 heavy (non-hydrogen) atoms. The molecule has 1 fully saturated rings. The van der Waals surface area contributed by atoms with Crippen molar-refractivity contribution in [3.63, 3.8) is 0 Å². The van der Waals surface area contributed by atoms with Crippen molar-refractivity contribution >= 4 is 11.9 Å².